The van der Waals surface area contributed by atoms with Crippen LogP contribution in [0.3, 0.4) is 0 Å². The van der Waals surface area contributed by atoms with Crippen LogP contribution in [-0.4, -0.2) is 33.6 Å². The van der Waals surface area contributed by atoms with E-state index in [-0.39, 0.29) is 11.7 Å². The molecule has 0 aliphatic rings. The second-order valence-electron chi connectivity index (χ2n) is 5.35. The Morgan fingerprint density at radius 1 is 1.35 bits per heavy atom. The molecule has 0 amide bonds. The van der Waals surface area contributed by atoms with E-state index in [9.17, 15) is 4.79 Å². The first-order valence-electron chi connectivity index (χ1n) is 7.40. The number of ether oxygens (including phenoxy) is 1. The molecular formula is C17H21N3O2S. The van der Waals surface area contributed by atoms with Crippen molar-refractivity contribution in [2.24, 2.45) is 0 Å². The lowest BCUT2D eigenvalue weighted by Crippen LogP contribution is -2.06. The molecule has 0 atom stereocenters. The van der Waals surface area contributed by atoms with Crippen LogP contribution in [0.2, 0.25) is 0 Å². The maximum absolute atomic E-state index is 11.3. The number of carbonyl (C=O) groups excluding carboxylic acids is 1. The molecular weight excluding hydrogens is 310 g/mol. The monoisotopic (exact) mass is 331 g/mol. The van der Waals surface area contributed by atoms with Crippen molar-refractivity contribution in [3.63, 3.8) is 0 Å². The van der Waals surface area contributed by atoms with E-state index < -0.39 is 0 Å². The first-order valence-corrected chi connectivity index (χ1v) is 8.39. The molecule has 5 nitrogen and oxygen atoms in total. The topological polar surface area (TPSA) is 57.0 Å². The fourth-order valence-corrected chi connectivity index (χ4v) is 2.88. The zero-order chi connectivity index (χ0) is 16.8. The number of esters is 1. The van der Waals surface area contributed by atoms with Crippen LogP contribution in [0.15, 0.2) is 42.1 Å². The second kappa shape index (κ2) is 7.97. The standard InChI is InChI=1S/C17H21N3O2S/c1-5-10-20-16(14-8-6-13(7-9-14)12(2)3)18-19-17(20)23-11-15(21)22-4/h5-9,12H,1,10-11H2,2-4H3. The minimum atomic E-state index is -0.286. The molecule has 1 heterocycles. The molecule has 122 valence electrons. The Kier molecular flexibility index (Phi) is 5.98. The number of rotatable bonds is 7. The molecule has 1 aromatic carbocycles. The number of hydrogen-bond donors (Lipinski definition) is 0. The van der Waals surface area contributed by atoms with E-state index in [1.807, 2.05) is 16.7 Å². The van der Waals surface area contributed by atoms with Crippen molar-refractivity contribution < 1.29 is 9.53 Å². The highest BCUT2D eigenvalue weighted by molar-refractivity contribution is 7.99. The largest absolute Gasteiger partial charge is 0.468 e. The first kappa shape index (κ1) is 17.3. The van der Waals surface area contributed by atoms with E-state index in [0.29, 0.717) is 17.6 Å². The summed E-state index contributed by atoms with van der Waals surface area (Å²) in [5.74, 6) is 1.18. The van der Waals surface area contributed by atoms with Crippen LogP contribution in [0, 0.1) is 0 Å². The molecule has 6 heteroatoms. The Labute approximate surface area is 140 Å². The lowest BCUT2D eigenvalue weighted by atomic mass is 10.0. The van der Waals surface area contributed by atoms with Crippen LogP contribution in [0.5, 0.6) is 0 Å². The highest BCUT2D eigenvalue weighted by atomic mass is 32.2. The van der Waals surface area contributed by atoms with Crippen molar-refractivity contribution in [2.45, 2.75) is 31.5 Å². The third kappa shape index (κ3) is 4.22. The molecule has 1 aromatic heterocycles. The molecule has 0 aliphatic carbocycles. The summed E-state index contributed by atoms with van der Waals surface area (Å²) in [4.78, 5) is 11.3. The lowest BCUT2D eigenvalue weighted by Gasteiger charge is -2.09. The van der Waals surface area contributed by atoms with Crippen LogP contribution >= 0.6 is 11.8 Å². The van der Waals surface area contributed by atoms with Gasteiger partial charge in [-0.2, -0.15) is 0 Å². The Hall–Kier alpha value is -2.08. The summed E-state index contributed by atoms with van der Waals surface area (Å²) in [6.07, 6.45) is 1.79. The fraction of sp³-hybridized carbons (Fsp3) is 0.353. The summed E-state index contributed by atoms with van der Waals surface area (Å²) >= 11 is 1.31. The summed E-state index contributed by atoms with van der Waals surface area (Å²) < 4.78 is 6.61. The van der Waals surface area contributed by atoms with E-state index in [1.165, 1.54) is 24.4 Å². The Morgan fingerprint density at radius 3 is 2.61 bits per heavy atom. The van der Waals surface area contributed by atoms with Crippen molar-refractivity contribution in [2.75, 3.05) is 12.9 Å². The van der Waals surface area contributed by atoms with E-state index in [4.69, 9.17) is 0 Å². The molecule has 0 N–H and O–H groups in total. The van der Waals surface area contributed by atoms with Gasteiger partial charge in [-0.3, -0.25) is 9.36 Å². The molecule has 2 aromatic rings. The quantitative estimate of drug-likeness (QED) is 0.441. The summed E-state index contributed by atoms with van der Waals surface area (Å²) in [6.45, 7) is 8.69. The van der Waals surface area contributed by atoms with Crippen molar-refractivity contribution >= 4 is 17.7 Å². The number of aromatic nitrogens is 3. The average molecular weight is 331 g/mol. The normalized spacial score (nSPS) is 10.8. The van der Waals surface area contributed by atoms with E-state index in [1.54, 1.807) is 6.08 Å². The Balaban J connectivity index is 2.29. The molecule has 0 unspecified atom stereocenters. The van der Waals surface area contributed by atoms with Crippen LogP contribution in [0.1, 0.15) is 25.3 Å². The second-order valence-corrected chi connectivity index (χ2v) is 6.29. The zero-order valence-electron chi connectivity index (χ0n) is 13.7. The van der Waals surface area contributed by atoms with Crippen molar-refractivity contribution in [3.05, 3.63) is 42.5 Å². The molecule has 0 saturated heterocycles. The van der Waals surface area contributed by atoms with Crippen LogP contribution in [-0.2, 0) is 16.1 Å². The third-order valence-corrected chi connectivity index (χ3v) is 4.35. The van der Waals surface area contributed by atoms with Gasteiger partial charge < -0.3 is 4.74 Å². The Bertz CT molecular complexity index is 678. The minimum Gasteiger partial charge on any atom is -0.468 e. The number of allylic oxidation sites excluding steroid dienone is 1. The lowest BCUT2D eigenvalue weighted by molar-refractivity contribution is -0.137. The van der Waals surface area contributed by atoms with Gasteiger partial charge in [-0.15, -0.1) is 16.8 Å². The first-order chi connectivity index (χ1) is 11.1. The predicted molar refractivity (Wildman–Crippen MR) is 92.5 cm³/mol. The summed E-state index contributed by atoms with van der Waals surface area (Å²) in [7, 11) is 1.37. The van der Waals surface area contributed by atoms with Crippen LogP contribution in [0.4, 0.5) is 0 Å². The minimum absolute atomic E-state index is 0.206. The van der Waals surface area contributed by atoms with Gasteiger partial charge in [-0.05, 0) is 11.5 Å². The maximum atomic E-state index is 11.3. The number of methoxy groups -OCH3 is 1. The molecule has 0 spiro atoms. The highest BCUT2D eigenvalue weighted by Crippen LogP contribution is 2.25. The van der Waals surface area contributed by atoms with Gasteiger partial charge in [0.05, 0.1) is 12.9 Å². The molecule has 0 fully saturated rings. The number of thioether (sulfide) groups is 1. The Morgan fingerprint density at radius 2 is 2.04 bits per heavy atom. The number of nitrogens with zero attached hydrogens (tertiary/aromatic N) is 3. The highest BCUT2D eigenvalue weighted by Gasteiger charge is 2.15. The molecule has 0 aliphatic heterocycles. The van der Waals surface area contributed by atoms with Gasteiger partial charge in [-0.25, -0.2) is 0 Å². The average Bonchev–Trinajstić information content (AvgIpc) is 2.96. The van der Waals surface area contributed by atoms with Gasteiger partial charge in [0.15, 0.2) is 11.0 Å². The number of hydrogen-bond acceptors (Lipinski definition) is 5. The van der Waals surface area contributed by atoms with Gasteiger partial charge in [0.25, 0.3) is 0 Å². The summed E-state index contributed by atoms with van der Waals surface area (Å²) in [6, 6.07) is 8.31. The molecule has 0 radical (unpaired) electrons. The molecule has 23 heavy (non-hydrogen) atoms. The third-order valence-electron chi connectivity index (χ3n) is 3.41. The van der Waals surface area contributed by atoms with Gasteiger partial charge in [0, 0.05) is 12.1 Å². The van der Waals surface area contributed by atoms with Gasteiger partial charge >= 0.3 is 5.97 Å². The zero-order valence-corrected chi connectivity index (χ0v) is 14.5. The fourth-order valence-electron chi connectivity index (χ4n) is 2.10. The van der Waals surface area contributed by atoms with Crippen molar-refractivity contribution in [3.8, 4) is 11.4 Å². The smallest absolute Gasteiger partial charge is 0.316 e. The van der Waals surface area contributed by atoms with Gasteiger partial charge in [0.2, 0.25) is 0 Å². The number of carbonyl (C=O) groups is 1. The van der Waals surface area contributed by atoms with Gasteiger partial charge in [-0.1, -0.05) is 56.0 Å². The van der Waals surface area contributed by atoms with Crippen LogP contribution < -0.4 is 0 Å². The van der Waals surface area contributed by atoms with E-state index in [0.717, 1.165) is 11.4 Å². The maximum Gasteiger partial charge on any atom is 0.316 e. The molecule has 2 rings (SSSR count). The van der Waals surface area contributed by atoms with Crippen molar-refractivity contribution in [1.29, 1.82) is 0 Å². The SMILES string of the molecule is C=CCn1c(SCC(=O)OC)nnc1-c1ccc(C(C)C)cc1. The van der Waals surface area contributed by atoms with Crippen molar-refractivity contribution in [1.82, 2.24) is 14.8 Å². The number of benzene rings is 1. The predicted octanol–water partition coefficient (Wildman–Crippen LogP) is 3.52. The summed E-state index contributed by atoms with van der Waals surface area (Å²) in [5.41, 5.74) is 2.28. The summed E-state index contributed by atoms with van der Waals surface area (Å²) in [5, 5.41) is 9.15. The van der Waals surface area contributed by atoms with E-state index >= 15 is 0 Å². The molecule has 0 bridgehead atoms. The van der Waals surface area contributed by atoms with Gasteiger partial charge in [0.1, 0.15) is 0 Å². The van der Waals surface area contributed by atoms with Crippen LogP contribution in [0.25, 0.3) is 11.4 Å². The van der Waals surface area contributed by atoms with E-state index in [2.05, 4.69) is 47.5 Å². The molecule has 0 saturated carbocycles.